The van der Waals surface area contributed by atoms with Crippen molar-refractivity contribution < 1.29 is 33.4 Å². The van der Waals surface area contributed by atoms with Gasteiger partial charge in [-0.15, -0.1) is 0 Å². The van der Waals surface area contributed by atoms with Crippen molar-refractivity contribution in [3.05, 3.63) is 0 Å². The van der Waals surface area contributed by atoms with Crippen LogP contribution in [0.3, 0.4) is 0 Å². The largest absolute Gasteiger partial charge is 0.460 e. The molecule has 2 aliphatic carbocycles. The normalized spacial score (nSPS) is 22.8. The quantitative estimate of drug-likeness (QED) is 0.327. The summed E-state index contributed by atoms with van der Waals surface area (Å²) >= 11 is 0. The van der Waals surface area contributed by atoms with Gasteiger partial charge < -0.3 is 34.4 Å². The average Bonchev–Trinajstić information content (AvgIpc) is 3.62. The number of likely N-dealkylation sites (N-methyl/N-ethyl adjacent to an activating group) is 4. The maximum Gasteiger partial charge on any atom is 0.308 e. The first-order chi connectivity index (χ1) is 20.5. The zero-order chi connectivity index (χ0) is 33.0. The molecule has 1 N–H and O–H groups in total. The molecule has 2 saturated carbocycles. The van der Waals surface area contributed by atoms with Crippen molar-refractivity contribution in [3.63, 3.8) is 0 Å². The van der Waals surface area contributed by atoms with E-state index in [1.165, 1.54) is 21.7 Å². The molecule has 0 aromatic carbocycles. The minimum Gasteiger partial charge on any atom is -0.460 e. The lowest BCUT2D eigenvalue weighted by Gasteiger charge is -2.50. The third-order valence-electron chi connectivity index (χ3n) is 9.50. The number of rotatable bonds is 12. The Morgan fingerprint density at radius 2 is 1.52 bits per heavy atom. The predicted molar refractivity (Wildman–Crippen MR) is 165 cm³/mol. The van der Waals surface area contributed by atoms with Gasteiger partial charge in [0.15, 0.2) is 0 Å². The highest BCUT2D eigenvalue weighted by Gasteiger charge is 2.54. The summed E-state index contributed by atoms with van der Waals surface area (Å²) in [4.78, 5) is 74.3. The highest BCUT2D eigenvalue weighted by Crippen LogP contribution is 2.41. The summed E-state index contributed by atoms with van der Waals surface area (Å²) in [6.45, 7) is 8.32. The van der Waals surface area contributed by atoms with Crippen molar-refractivity contribution in [3.8, 4) is 0 Å². The van der Waals surface area contributed by atoms with E-state index in [1.54, 1.807) is 53.9 Å². The molecule has 12 heteroatoms. The minimum absolute atomic E-state index is 0.0449. The number of hydrogen-bond donors (Lipinski definition) is 1. The minimum atomic E-state index is -1.09. The van der Waals surface area contributed by atoms with E-state index >= 15 is 0 Å². The molecule has 0 aromatic heterocycles. The summed E-state index contributed by atoms with van der Waals surface area (Å²) in [7, 11) is 8.01. The zero-order valence-corrected chi connectivity index (χ0v) is 28.3. The van der Waals surface area contributed by atoms with Gasteiger partial charge >= 0.3 is 5.97 Å². The van der Waals surface area contributed by atoms with E-state index in [9.17, 15) is 24.0 Å². The monoisotopic (exact) mass is 621 g/mol. The molecule has 4 atom stereocenters. The molecule has 0 radical (unpaired) electrons. The fraction of sp³-hybridized carbons (Fsp3) is 0.844. The van der Waals surface area contributed by atoms with E-state index in [-0.39, 0.29) is 30.3 Å². The lowest BCUT2D eigenvalue weighted by atomic mass is 9.73. The number of esters is 1. The Morgan fingerprint density at radius 3 is 2.02 bits per heavy atom. The van der Waals surface area contributed by atoms with Crippen molar-refractivity contribution in [1.82, 2.24) is 24.9 Å². The van der Waals surface area contributed by atoms with Gasteiger partial charge in [0.25, 0.3) is 0 Å². The molecule has 0 aromatic rings. The van der Waals surface area contributed by atoms with Crippen LogP contribution in [-0.2, 0) is 33.4 Å². The van der Waals surface area contributed by atoms with Gasteiger partial charge in [0.2, 0.25) is 23.6 Å². The topological polar surface area (TPSA) is 129 Å². The summed E-state index contributed by atoms with van der Waals surface area (Å²) < 4.78 is 11.2. The lowest BCUT2D eigenvalue weighted by Crippen LogP contribution is -2.68. The molecule has 1 aliphatic heterocycles. The fourth-order valence-electron chi connectivity index (χ4n) is 6.91. The fourth-order valence-corrected chi connectivity index (χ4v) is 6.91. The summed E-state index contributed by atoms with van der Waals surface area (Å²) in [5, 5.41) is 3.25. The van der Waals surface area contributed by atoms with E-state index in [4.69, 9.17) is 9.47 Å². The summed E-state index contributed by atoms with van der Waals surface area (Å²) in [6.07, 6.45) is 5.45. The molecule has 250 valence electrons. The molecule has 1 saturated heterocycles. The van der Waals surface area contributed by atoms with E-state index in [0.29, 0.717) is 32.4 Å². The predicted octanol–water partition coefficient (Wildman–Crippen LogP) is 1.80. The lowest BCUT2D eigenvalue weighted by molar-refractivity contribution is -0.166. The Bertz CT molecular complexity index is 1060. The molecule has 12 nitrogen and oxygen atoms in total. The zero-order valence-electron chi connectivity index (χ0n) is 28.3. The molecule has 1 heterocycles. The van der Waals surface area contributed by atoms with Crippen LogP contribution in [0.15, 0.2) is 0 Å². The van der Waals surface area contributed by atoms with Gasteiger partial charge in [-0.25, -0.2) is 0 Å². The van der Waals surface area contributed by atoms with Crippen LogP contribution in [0.4, 0.5) is 0 Å². The van der Waals surface area contributed by atoms with E-state index < -0.39 is 47.0 Å². The molecule has 3 aliphatic rings. The first-order valence-electron chi connectivity index (χ1n) is 16.1. The van der Waals surface area contributed by atoms with Crippen LogP contribution < -0.4 is 5.32 Å². The van der Waals surface area contributed by atoms with Gasteiger partial charge in [-0.1, -0.05) is 12.8 Å². The molecular weight excluding hydrogens is 566 g/mol. The van der Waals surface area contributed by atoms with Crippen molar-refractivity contribution >= 4 is 29.6 Å². The standard InChI is InChI=1S/C32H55N5O7/c1-10-43-22-18-23(33-20-22)27(39)37(9)32(16-13-17-32)30(42)36(8)26(21-14-11-12-15-21)29(41)35(7)24(28(40)34(5)6)19-25(38)44-31(2,3)4/h21-24,26,33H,10-20H2,1-9H3/t22-,23+,24+,26+/m1/s1. The Kier molecular flexibility index (Phi) is 11.8. The van der Waals surface area contributed by atoms with E-state index in [0.717, 1.165) is 32.1 Å². The van der Waals surface area contributed by atoms with Crippen molar-refractivity contribution in [2.75, 3.05) is 48.4 Å². The number of ether oxygens (including phenoxy) is 2. The number of nitrogens with zero attached hydrogens (tertiary/aromatic N) is 4. The number of hydrogen-bond acceptors (Lipinski definition) is 8. The third-order valence-corrected chi connectivity index (χ3v) is 9.50. The smallest absolute Gasteiger partial charge is 0.308 e. The molecule has 4 amide bonds. The van der Waals surface area contributed by atoms with E-state index in [1.807, 2.05) is 6.92 Å². The van der Waals surface area contributed by atoms with Gasteiger partial charge in [-0.2, -0.15) is 0 Å². The molecule has 0 bridgehead atoms. The molecular formula is C32H55N5O7. The van der Waals surface area contributed by atoms with Gasteiger partial charge in [0.1, 0.15) is 23.2 Å². The number of carbonyl (C=O) groups excluding carboxylic acids is 5. The Morgan fingerprint density at radius 1 is 0.909 bits per heavy atom. The van der Waals surface area contributed by atoms with Gasteiger partial charge in [-0.05, 0) is 72.1 Å². The Hall–Kier alpha value is -2.73. The number of nitrogens with one attached hydrogen (secondary N) is 1. The second-order valence-electron chi connectivity index (χ2n) is 13.9. The van der Waals surface area contributed by atoms with Crippen molar-refractivity contribution in [2.24, 2.45) is 5.92 Å². The van der Waals surface area contributed by atoms with Crippen LogP contribution in [0, 0.1) is 5.92 Å². The van der Waals surface area contributed by atoms with Crippen molar-refractivity contribution in [2.45, 2.75) is 121 Å². The maximum atomic E-state index is 14.4. The summed E-state index contributed by atoms with van der Waals surface area (Å²) in [5.74, 6) is -1.89. The van der Waals surface area contributed by atoms with Crippen molar-refractivity contribution in [1.29, 1.82) is 0 Å². The molecule has 44 heavy (non-hydrogen) atoms. The first-order valence-corrected chi connectivity index (χ1v) is 16.1. The van der Waals surface area contributed by atoms with Crippen LogP contribution in [0.2, 0.25) is 0 Å². The Balaban J connectivity index is 1.87. The molecule has 0 spiro atoms. The van der Waals surface area contributed by atoms with Crippen LogP contribution >= 0.6 is 0 Å². The number of carbonyl (C=O) groups is 5. The maximum absolute atomic E-state index is 14.4. The Labute approximate surface area is 263 Å². The SMILES string of the molecule is CCO[C@H]1CN[C@H](C(=O)N(C)C2(C(=O)N(C)[C@H](C(=O)N(C)[C@@H](CC(=O)OC(C)(C)C)C(=O)N(C)C)C3CCCC3)CCC2)C1. The van der Waals surface area contributed by atoms with Gasteiger partial charge in [0.05, 0.1) is 18.6 Å². The average molecular weight is 622 g/mol. The molecule has 0 unspecified atom stereocenters. The van der Waals surface area contributed by atoms with Crippen LogP contribution in [0.5, 0.6) is 0 Å². The molecule has 3 rings (SSSR count). The van der Waals surface area contributed by atoms with Crippen LogP contribution in [-0.4, -0.2) is 133 Å². The highest BCUT2D eigenvalue weighted by atomic mass is 16.6. The third kappa shape index (κ3) is 7.91. The second kappa shape index (κ2) is 14.6. The number of amides is 4. The van der Waals surface area contributed by atoms with Gasteiger partial charge in [0, 0.05) is 48.4 Å². The van der Waals surface area contributed by atoms with Crippen LogP contribution in [0.25, 0.3) is 0 Å². The second-order valence-corrected chi connectivity index (χ2v) is 13.9. The summed E-state index contributed by atoms with van der Waals surface area (Å²) in [6, 6.07) is -2.36. The highest BCUT2D eigenvalue weighted by molar-refractivity contribution is 5.98. The van der Waals surface area contributed by atoms with Crippen LogP contribution in [0.1, 0.15) is 85.5 Å². The van der Waals surface area contributed by atoms with Gasteiger partial charge in [-0.3, -0.25) is 24.0 Å². The van der Waals surface area contributed by atoms with E-state index in [2.05, 4.69) is 5.32 Å². The molecule has 3 fully saturated rings. The summed E-state index contributed by atoms with van der Waals surface area (Å²) in [5.41, 5.74) is -1.79. The first kappa shape index (κ1) is 35.7.